The summed E-state index contributed by atoms with van der Waals surface area (Å²) in [6, 6.07) is 17.9. The minimum atomic E-state index is -0.904. The number of amides is 1. The average Bonchev–Trinajstić information content (AvgIpc) is 3.15. The first kappa shape index (κ1) is 15.4. The summed E-state index contributed by atoms with van der Waals surface area (Å²) in [7, 11) is 0. The molecule has 0 spiro atoms. The Morgan fingerprint density at radius 2 is 1.64 bits per heavy atom. The van der Waals surface area contributed by atoms with Gasteiger partial charge in [0.15, 0.2) is 0 Å². The van der Waals surface area contributed by atoms with Crippen molar-refractivity contribution in [3.8, 4) is 0 Å². The van der Waals surface area contributed by atoms with Crippen molar-refractivity contribution in [1.82, 2.24) is 5.32 Å². The number of carbonyl (C=O) groups is 1. The second-order valence-electron chi connectivity index (χ2n) is 5.78. The number of nitrogens with one attached hydrogen (secondary N) is 1. The summed E-state index contributed by atoms with van der Waals surface area (Å²) < 4.78 is -0.904. The Balaban J connectivity index is 1.87. The van der Waals surface area contributed by atoms with Gasteiger partial charge < -0.3 is 5.32 Å². The molecule has 0 aliphatic heterocycles. The van der Waals surface area contributed by atoms with Gasteiger partial charge in [0.25, 0.3) is 0 Å². The van der Waals surface area contributed by atoms with Gasteiger partial charge in [-0.05, 0) is 24.5 Å². The highest BCUT2D eigenvalue weighted by Gasteiger charge is 2.56. The lowest BCUT2D eigenvalue weighted by atomic mass is 9.97. The lowest BCUT2D eigenvalue weighted by Gasteiger charge is -2.20. The van der Waals surface area contributed by atoms with Crippen LogP contribution in [0.4, 0.5) is 0 Å². The first-order chi connectivity index (χ1) is 10.5. The summed E-state index contributed by atoms with van der Waals surface area (Å²) in [5.74, 6) is -0.424. The molecule has 2 aromatic carbocycles. The van der Waals surface area contributed by atoms with Gasteiger partial charge in [-0.2, -0.15) is 0 Å². The minimum Gasteiger partial charge on any atom is -0.345 e. The maximum atomic E-state index is 12.4. The van der Waals surface area contributed by atoms with Crippen molar-refractivity contribution in [3.05, 3.63) is 71.3 Å². The van der Waals surface area contributed by atoms with Crippen molar-refractivity contribution < 1.29 is 4.79 Å². The molecular formula is C18H17Cl2NO. The molecule has 114 valence electrons. The molecule has 2 nitrogen and oxygen atoms in total. The predicted molar refractivity (Wildman–Crippen MR) is 90.2 cm³/mol. The molecule has 1 aliphatic rings. The average molecular weight is 334 g/mol. The van der Waals surface area contributed by atoms with Crippen LogP contribution in [0.1, 0.15) is 29.2 Å². The summed E-state index contributed by atoms with van der Waals surface area (Å²) in [5, 5.41) is 3.08. The van der Waals surface area contributed by atoms with Gasteiger partial charge in [-0.1, -0.05) is 60.2 Å². The van der Waals surface area contributed by atoms with E-state index in [9.17, 15) is 4.79 Å². The van der Waals surface area contributed by atoms with Gasteiger partial charge in [-0.15, -0.1) is 23.2 Å². The molecular weight excluding hydrogens is 317 g/mol. The van der Waals surface area contributed by atoms with E-state index in [1.54, 1.807) is 0 Å². The normalized spacial score (nSPS) is 20.2. The summed E-state index contributed by atoms with van der Waals surface area (Å²) in [6.07, 6.45) is 0.511. The molecule has 0 radical (unpaired) electrons. The third-order valence-electron chi connectivity index (χ3n) is 3.97. The van der Waals surface area contributed by atoms with Crippen molar-refractivity contribution in [2.75, 3.05) is 0 Å². The summed E-state index contributed by atoms with van der Waals surface area (Å²) in [6.45, 7) is 2.04. The van der Waals surface area contributed by atoms with Gasteiger partial charge in [0.05, 0.1) is 12.0 Å². The van der Waals surface area contributed by atoms with Crippen molar-refractivity contribution in [1.29, 1.82) is 0 Å². The fourth-order valence-corrected chi connectivity index (χ4v) is 3.01. The van der Waals surface area contributed by atoms with Crippen molar-refractivity contribution in [3.63, 3.8) is 0 Å². The molecule has 0 aromatic heterocycles. The Kier molecular flexibility index (Phi) is 4.16. The lowest BCUT2D eigenvalue weighted by Crippen LogP contribution is -2.31. The maximum absolute atomic E-state index is 12.4. The number of rotatable bonds is 4. The zero-order valence-corrected chi connectivity index (χ0v) is 13.7. The zero-order chi connectivity index (χ0) is 15.7. The Labute approximate surface area is 140 Å². The number of hydrogen-bond acceptors (Lipinski definition) is 1. The number of alkyl halides is 2. The Morgan fingerprint density at radius 1 is 1.09 bits per heavy atom. The van der Waals surface area contributed by atoms with Crippen LogP contribution in [0.25, 0.3) is 0 Å². The third-order valence-corrected chi connectivity index (χ3v) is 4.81. The fourth-order valence-electron chi connectivity index (χ4n) is 2.50. The van der Waals surface area contributed by atoms with Crippen molar-refractivity contribution >= 4 is 29.1 Å². The fraction of sp³-hybridized carbons (Fsp3) is 0.278. The number of carbonyl (C=O) groups excluding carboxylic acids is 1. The van der Waals surface area contributed by atoms with Crippen LogP contribution in [-0.2, 0) is 4.79 Å². The standard InChI is InChI=1S/C18H17Cl2NO/c1-12-7-9-14(10-8-12)16(13-5-3-2-4-6-13)21-17(22)15-11-18(15,19)20/h2-10,15-16H,11H2,1H3,(H,21,22)/t15-,16-/m1/s1. The molecule has 4 heteroatoms. The van der Waals surface area contributed by atoms with Gasteiger partial charge >= 0.3 is 0 Å². The van der Waals surface area contributed by atoms with Crippen LogP contribution in [0.2, 0.25) is 0 Å². The monoisotopic (exact) mass is 333 g/mol. The van der Waals surface area contributed by atoms with Crippen LogP contribution in [-0.4, -0.2) is 10.2 Å². The summed E-state index contributed by atoms with van der Waals surface area (Å²) >= 11 is 12.0. The van der Waals surface area contributed by atoms with E-state index in [0.29, 0.717) is 6.42 Å². The van der Waals surface area contributed by atoms with Crippen molar-refractivity contribution in [2.24, 2.45) is 5.92 Å². The number of halogens is 2. The summed E-state index contributed by atoms with van der Waals surface area (Å²) in [4.78, 5) is 12.4. The van der Waals surface area contributed by atoms with E-state index >= 15 is 0 Å². The first-order valence-corrected chi connectivity index (χ1v) is 8.03. The van der Waals surface area contributed by atoms with Crippen LogP contribution < -0.4 is 5.32 Å². The van der Waals surface area contributed by atoms with Crippen LogP contribution in [0.3, 0.4) is 0 Å². The van der Waals surface area contributed by atoms with Gasteiger partial charge in [0, 0.05) is 0 Å². The number of hydrogen-bond donors (Lipinski definition) is 1. The largest absolute Gasteiger partial charge is 0.345 e. The van der Waals surface area contributed by atoms with E-state index in [2.05, 4.69) is 5.32 Å². The molecule has 1 amide bonds. The number of benzene rings is 2. The Morgan fingerprint density at radius 3 is 2.18 bits per heavy atom. The molecule has 0 unspecified atom stereocenters. The van der Waals surface area contributed by atoms with Gasteiger partial charge in [0.2, 0.25) is 5.91 Å². The molecule has 22 heavy (non-hydrogen) atoms. The van der Waals surface area contributed by atoms with E-state index in [1.165, 1.54) is 5.56 Å². The van der Waals surface area contributed by atoms with E-state index in [-0.39, 0.29) is 17.9 Å². The SMILES string of the molecule is Cc1ccc([C@H](NC(=O)[C@H]2CC2(Cl)Cl)c2ccccc2)cc1. The molecule has 0 bridgehead atoms. The van der Waals surface area contributed by atoms with E-state index < -0.39 is 4.33 Å². The maximum Gasteiger partial charge on any atom is 0.227 e. The first-order valence-electron chi connectivity index (χ1n) is 7.27. The molecule has 1 saturated carbocycles. The van der Waals surface area contributed by atoms with E-state index in [4.69, 9.17) is 23.2 Å². The third kappa shape index (κ3) is 3.29. The quantitative estimate of drug-likeness (QED) is 0.826. The highest BCUT2D eigenvalue weighted by Crippen LogP contribution is 2.53. The van der Waals surface area contributed by atoms with E-state index in [1.807, 2.05) is 61.5 Å². The Hall–Kier alpha value is -1.51. The minimum absolute atomic E-state index is 0.0978. The molecule has 1 aliphatic carbocycles. The van der Waals surface area contributed by atoms with Crippen LogP contribution in [0.15, 0.2) is 54.6 Å². The van der Waals surface area contributed by atoms with Gasteiger partial charge in [-0.25, -0.2) is 0 Å². The second kappa shape index (κ2) is 5.94. The molecule has 3 rings (SSSR count). The highest BCUT2D eigenvalue weighted by molar-refractivity contribution is 6.52. The molecule has 1 N–H and O–H groups in total. The summed E-state index contributed by atoms with van der Waals surface area (Å²) in [5.41, 5.74) is 3.26. The zero-order valence-electron chi connectivity index (χ0n) is 12.2. The van der Waals surface area contributed by atoms with E-state index in [0.717, 1.165) is 11.1 Å². The highest BCUT2D eigenvalue weighted by atomic mass is 35.5. The number of aryl methyl sites for hydroxylation is 1. The van der Waals surface area contributed by atoms with Gasteiger partial charge in [-0.3, -0.25) is 4.79 Å². The lowest BCUT2D eigenvalue weighted by molar-refractivity contribution is -0.122. The van der Waals surface area contributed by atoms with Crippen LogP contribution >= 0.6 is 23.2 Å². The van der Waals surface area contributed by atoms with Crippen LogP contribution in [0.5, 0.6) is 0 Å². The molecule has 0 saturated heterocycles. The molecule has 0 heterocycles. The molecule has 2 atom stereocenters. The smallest absolute Gasteiger partial charge is 0.227 e. The molecule has 2 aromatic rings. The second-order valence-corrected chi connectivity index (χ2v) is 7.32. The topological polar surface area (TPSA) is 29.1 Å². The van der Waals surface area contributed by atoms with Crippen LogP contribution in [0, 0.1) is 12.8 Å². The van der Waals surface area contributed by atoms with Gasteiger partial charge in [0.1, 0.15) is 4.33 Å². The molecule has 1 fully saturated rings. The van der Waals surface area contributed by atoms with Crippen molar-refractivity contribution in [2.45, 2.75) is 23.7 Å². The predicted octanol–water partition coefficient (Wildman–Crippen LogP) is 4.39. The Bertz CT molecular complexity index is 667.